The number of halogens is 1. The Bertz CT molecular complexity index is 522. The number of anilines is 1. The fourth-order valence-corrected chi connectivity index (χ4v) is 1.90. The molecule has 1 atom stereocenters. The minimum absolute atomic E-state index is 0.0448. The zero-order chi connectivity index (χ0) is 12.4. The molecule has 1 aromatic heterocycles. The first-order chi connectivity index (χ1) is 8.06. The predicted molar refractivity (Wildman–Crippen MR) is 71.3 cm³/mol. The fraction of sp³-hybridized carbons (Fsp3) is 0.231. The molecule has 0 saturated carbocycles. The van der Waals surface area contributed by atoms with Gasteiger partial charge in [0.05, 0.1) is 6.04 Å². The Kier molecular flexibility index (Phi) is 3.43. The van der Waals surface area contributed by atoms with Crippen LogP contribution in [0.25, 0.3) is 0 Å². The van der Waals surface area contributed by atoms with Crippen molar-refractivity contribution < 1.29 is 9.52 Å². The van der Waals surface area contributed by atoms with Gasteiger partial charge in [-0.2, -0.15) is 0 Å². The van der Waals surface area contributed by atoms with Crippen molar-refractivity contribution >= 4 is 21.6 Å². The highest BCUT2D eigenvalue weighted by atomic mass is 79.9. The van der Waals surface area contributed by atoms with Crippen molar-refractivity contribution in [1.82, 2.24) is 0 Å². The summed E-state index contributed by atoms with van der Waals surface area (Å²) in [4.78, 5) is 0. The number of furan rings is 1. The van der Waals surface area contributed by atoms with Crippen LogP contribution in [0.4, 0.5) is 5.69 Å². The van der Waals surface area contributed by atoms with Crippen LogP contribution in [-0.4, -0.2) is 5.11 Å². The van der Waals surface area contributed by atoms with Crippen LogP contribution in [0.15, 0.2) is 39.4 Å². The molecule has 0 aliphatic heterocycles. The molecule has 4 heteroatoms. The molecule has 0 amide bonds. The average Bonchev–Trinajstić information content (AvgIpc) is 2.70. The second-order valence-electron chi connectivity index (χ2n) is 4.01. The van der Waals surface area contributed by atoms with Gasteiger partial charge in [0.15, 0.2) is 4.67 Å². The number of aryl methyl sites for hydroxylation is 1. The van der Waals surface area contributed by atoms with E-state index in [1.807, 2.05) is 38.1 Å². The Morgan fingerprint density at radius 1 is 1.29 bits per heavy atom. The third-order valence-electron chi connectivity index (χ3n) is 2.61. The number of benzene rings is 1. The largest absolute Gasteiger partial charge is 0.508 e. The Balaban J connectivity index is 2.12. The highest BCUT2D eigenvalue weighted by Crippen LogP contribution is 2.26. The SMILES string of the molecule is Cc1ccc(NC(C)c2ccc(Br)o2)cc1O. The molecule has 1 aromatic carbocycles. The third-order valence-corrected chi connectivity index (χ3v) is 3.04. The average molecular weight is 296 g/mol. The Morgan fingerprint density at radius 2 is 2.06 bits per heavy atom. The van der Waals surface area contributed by atoms with Gasteiger partial charge in [-0.05, 0) is 53.5 Å². The highest BCUT2D eigenvalue weighted by Gasteiger charge is 2.10. The number of rotatable bonds is 3. The first-order valence-corrected chi connectivity index (χ1v) is 6.17. The monoisotopic (exact) mass is 295 g/mol. The molecule has 3 nitrogen and oxygen atoms in total. The van der Waals surface area contributed by atoms with Crippen LogP contribution in [0.2, 0.25) is 0 Å². The van der Waals surface area contributed by atoms with Crippen molar-refractivity contribution in [3.05, 3.63) is 46.3 Å². The van der Waals surface area contributed by atoms with Gasteiger partial charge in [0.2, 0.25) is 0 Å². The molecule has 90 valence electrons. The quantitative estimate of drug-likeness (QED) is 0.891. The van der Waals surface area contributed by atoms with Crippen molar-refractivity contribution in [2.75, 3.05) is 5.32 Å². The minimum atomic E-state index is 0.0448. The first-order valence-electron chi connectivity index (χ1n) is 5.37. The summed E-state index contributed by atoms with van der Waals surface area (Å²) >= 11 is 3.27. The van der Waals surface area contributed by atoms with Crippen molar-refractivity contribution in [3.8, 4) is 5.75 Å². The van der Waals surface area contributed by atoms with Gasteiger partial charge in [0, 0.05) is 11.8 Å². The van der Waals surface area contributed by atoms with Crippen LogP contribution in [0, 0.1) is 6.92 Å². The van der Waals surface area contributed by atoms with Crippen LogP contribution >= 0.6 is 15.9 Å². The normalized spacial score (nSPS) is 12.4. The van der Waals surface area contributed by atoms with E-state index in [-0.39, 0.29) is 6.04 Å². The van der Waals surface area contributed by atoms with Gasteiger partial charge in [-0.15, -0.1) is 0 Å². The molecule has 1 unspecified atom stereocenters. The molecule has 0 fully saturated rings. The van der Waals surface area contributed by atoms with Gasteiger partial charge in [0.1, 0.15) is 11.5 Å². The summed E-state index contributed by atoms with van der Waals surface area (Å²) in [5.41, 5.74) is 1.73. The second-order valence-corrected chi connectivity index (χ2v) is 4.79. The van der Waals surface area contributed by atoms with Crippen molar-refractivity contribution in [1.29, 1.82) is 0 Å². The summed E-state index contributed by atoms with van der Waals surface area (Å²) in [6.45, 7) is 3.87. The lowest BCUT2D eigenvalue weighted by molar-refractivity contribution is 0.467. The van der Waals surface area contributed by atoms with E-state index in [4.69, 9.17) is 4.42 Å². The van der Waals surface area contributed by atoms with Crippen LogP contribution < -0.4 is 5.32 Å². The summed E-state index contributed by atoms with van der Waals surface area (Å²) in [6, 6.07) is 9.34. The molecule has 1 heterocycles. The summed E-state index contributed by atoms with van der Waals surface area (Å²) in [5, 5.41) is 12.9. The van der Waals surface area contributed by atoms with Crippen LogP contribution in [0.1, 0.15) is 24.3 Å². The number of hydrogen-bond donors (Lipinski definition) is 2. The van der Waals surface area contributed by atoms with E-state index >= 15 is 0 Å². The van der Waals surface area contributed by atoms with Gasteiger partial charge >= 0.3 is 0 Å². The van der Waals surface area contributed by atoms with Gasteiger partial charge < -0.3 is 14.8 Å². The van der Waals surface area contributed by atoms with Crippen LogP contribution in [-0.2, 0) is 0 Å². The van der Waals surface area contributed by atoms with E-state index < -0.39 is 0 Å². The molecule has 2 N–H and O–H groups in total. The lowest BCUT2D eigenvalue weighted by Gasteiger charge is -2.13. The Morgan fingerprint density at radius 3 is 2.65 bits per heavy atom. The second kappa shape index (κ2) is 4.84. The molecule has 2 rings (SSSR count). The highest BCUT2D eigenvalue weighted by molar-refractivity contribution is 9.10. The zero-order valence-electron chi connectivity index (χ0n) is 9.70. The van der Waals surface area contributed by atoms with E-state index in [0.717, 1.165) is 17.0 Å². The molecule has 0 bridgehead atoms. The lowest BCUT2D eigenvalue weighted by Crippen LogP contribution is -2.05. The van der Waals surface area contributed by atoms with E-state index in [0.29, 0.717) is 10.4 Å². The molecular weight excluding hydrogens is 282 g/mol. The van der Waals surface area contributed by atoms with Crippen molar-refractivity contribution in [2.45, 2.75) is 19.9 Å². The Hall–Kier alpha value is -1.42. The molecule has 0 radical (unpaired) electrons. The molecule has 0 spiro atoms. The van der Waals surface area contributed by atoms with Gasteiger partial charge in [0.25, 0.3) is 0 Å². The van der Waals surface area contributed by atoms with E-state index in [1.54, 1.807) is 6.07 Å². The minimum Gasteiger partial charge on any atom is -0.508 e. The van der Waals surface area contributed by atoms with E-state index in [1.165, 1.54) is 0 Å². The topological polar surface area (TPSA) is 45.4 Å². The summed E-state index contributed by atoms with van der Waals surface area (Å²) < 4.78 is 6.18. The van der Waals surface area contributed by atoms with E-state index in [9.17, 15) is 5.11 Å². The van der Waals surface area contributed by atoms with Gasteiger partial charge in [-0.3, -0.25) is 0 Å². The van der Waals surface area contributed by atoms with Crippen LogP contribution in [0.3, 0.4) is 0 Å². The standard InChI is InChI=1S/C13H14BrNO2/c1-8-3-4-10(7-11(8)16)15-9(2)12-5-6-13(14)17-12/h3-7,9,15-16H,1-2H3. The van der Waals surface area contributed by atoms with Crippen molar-refractivity contribution in [2.24, 2.45) is 0 Å². The molecule has 2 aromatic rings. The predicted octanol–water partition coefficient (Wildman–Crippen LogP) is 4.23. The molecule has 0 aliphatic rings. The zero-order valence-corrected chi connectivity index (χ0v) is 11.3. The number of aromatic hydroxyl groups is 1. The number of nitrogens with one attached hydrogen (secondary N) is 1. The molecular formula is C13H14BrNO2. The van der Waals surface area contributed by atoms with Crippen LogP contribution in [0.5, 0.6) is 5.75 Å². The number of hydrogen-bond acceptors (Lipinski definition) is 3. The van der Waals surface area contributed by atoms with Gasteiger partial charge in [-0.1, -0.05) is 6.07 Å². The van der Waals surface area contributed by atoms with E-state index in [2.05, 4.69) is 21.2 Å². The lowest BCUT2D eigenvalue weighted by atomic mass is 10.2. The maximum atomic E-state index is 9.62. The first kappa shape index (κ1) is 12.0. The third kappa shape index (κ3) is 2.82. The molecule has 0 aliphatic carbocycles. The molecule has 0 saturated heterocycles. The maximum Gasteiger partial charge on any atom is 0.169 e. The fourth-order valence-electron chi connectivity index (χ4n) is 1.58. The number of phenolic OH excluding ortho intramolecular Hbond substituents is 1. The summed E-state index contributed by atoms with van der Waals surface area (Å²) in [5.74, 6) is 1.14. The summed E-state index contributed by atoms with van der Waals surface area (Å²) in [6.07, 6.45) is 0. The maximum absolute atomic E-state index is 9.62. The smallest absolute Gasteiger partial charge is 0.169 e. The molecule has 17 heavy (non-hydrogen) atoms. The summed E-state index contributed by atoms with van der Waals surface area (Å²) in [7, 11) is 0. The number of phenols is 1. The van der Waals surface area contributed by atoms with Crippen molar-refractivity contribution in [3.63, 3.8) is 0 Å². The van der Waals surface area contributed by atoms with Gasteiger partial charge in [-0.25, -0.2) is 0 Å². The Labute approximate surface area is 109 Å².